The molecule has 6 rings (SSSR count). The molecule has 0 aromatic carbocycles. The maximum absolute atomic E-state index is 7.26. The van der Waals surface area contributed by atoms with Crippen LogP contribution in [0.2, 0.25) is 50.4 Å². The molecule has 4 aliphatic heterocycles. The van der Waals surface area contributed by atoms with E-state index in [1.165, 1.54) is 44.9 Å². The second-order valence-electron chi connectivity index (χ2n) is 13.3. The summed E-state index contributed by atoms with van der Waals surface area (Å²) in [6, 6.07) is 4.14. The van der Waals surface area contributed by atoms with Crippen LogP contribution in [0.25, 0.3) is 0 Å². The van der Waals surface area contributed by atoms with Crippen molar-refractivity contribution in [3.63, 3.8) is 0 Å². The molecule has 0 N–H and O–H groups in total. The second kappa shape index (κ2) is 10.9. The van der Waals surface area contributed by atoms with Gasteiger partial charge in [-0.1, -0.05) is 26.7 Å². The lowest BCUT2D eigenvalue weighted by Crippen LogP contribution is -2.67. The van der Waals surface area contributed by atoms with E-state index in [0.29, 0.717) is 30.3 Å². The van der Waals surface area contributed by atoms with Crippen molar-refractivity contribution >= 4 is 34.2 Å². The molecule has 10 heteroatoms. The summed E-state index contributed by atoms with van der Waals surface area (Å²) in [6.07, 6.45) is 14.2. The van der Waals surface area contributed by atoms with E-state index < -0.39 is 34.2 Å². The monoisotopic (exact) mass is 572 g/mol. The van der Waals surface area contributed by atoms with Crippen LogP contribution in [0, 0.1) is 11.8 Å². The van der Waals surface area contributed by atoms with Gasteiger partial charge in [0.15, 0.2) is 0 Å². The summed E-state index contributed by atoms with van der Waals surface area (Å²) in [7, 11) is -9.75. The molecule has 4 heterocycles. The molecule has 8 unspecified atom stereocenters. The molecule has 36 heavy (non-hydrogen) atoms. The third-order valence-corrected chi connectivity index (χ3v) is 28.5. The molecule has 4 saturated heterocycles. The minimum absolute atomic E-state index is 0.479. The zero-order valence-corrected chi connectivity index (χ0v) is 27.8. The van der Waals surface area contributed by atoms with Crippen molar-refractivity contribution in [3.05, 3.63) is 0 Å². The lowest BCUT2D eigenvalue weighted by molar-refractivity contribution is -0.185. The average Bonchev–Trinajstić information content (AvgIpc) is 3.54. The van der Waals surface area contributed by atoms with Crippen LogP contribution in [0.4, 0.5) is 0 Å². The number of rotatable bonds is 10. The average molecular weight is 573 g/mol. The van der Waals surface area contributed by atoms with Gasteiger partial charge in [0, 0.05) is 6.42 Å². The van der Waals surface area contributed by atoms with E-state index in [-0.39, 0.29) is 0 Å². The van der Waals surface area contributed by atoms with E-state index >= 15 is 0 Å². The van der Waals surface area contributed by atoms with Crippen molar-refractivity contribution in [2.24, 2.45) is 11.8 Å². The molecular weight excluding hydrogens is 521 g/mol. The van der Waals surface area contributed by atoms with Crippen molar-refractivity contribution in [3.8, 4) is 0 Å². The van der Waals surface area contributed by atoms with Gasteiger partial charge in [-0.3, -0.25) is 0 Å². The van der Waals surface area contributed by atoms with Gasteiger partial charge in [0.05, 0.1) is 24.4 Å². The molecule has 2 aliphatic carbocycles. The quantitative estimate of drug-likeness (QED) is 0.206. The van der Waals surface area contributed by atoms with Crippen molar-refractivity contribution in [2.75, 3.05) is 0 Å². The van der Waals surface area contributed by atoms with Crippen LogP contribution < -0.4 is 0 Å². The van der Waals surface area contributed by atoms with Crippen molar-refractivity contribution < 1.29 is 25.9 Å². The Bertz CT molecular complexity index is 742. The van der Waals surface area contributed by atoms with Gasteiger partial charge in [-0.05, 0) is 107 Å². The number of epoxide rings is 1. The minimum Gasteiger partial charge on any atom is -0.416 e. The first-order valence-electron chi connectivity index (χ1n) is 15.2. The zero-order chi connectivity index (χ0) is 25.6. The third kappa shape index (κ3) is 6.67. The fraction of sp³-hybridized carbons (Fsp3) is 1.00. The molecule has 6 nitrogen and oxygen atoms in total. The summed E-state index contributed by atoms with van der Waals surface area (Å²) in [4.78, 5) is 0. The van der Waals surface area contributed by atoms with Crippen molar-refractivity contribution in [2.45, 2.75) is 153 Å². The summed E-state index contributed by atoms with van der Waals surface area (Å²) in [5.74, 6) is 1.42. The van der Waals surface area contributed by atoms with Crippen LogP contribution in [0.3, 0.4) is 0 Å². The summed E-state index contributed by atoms with van der Waals surface area (Å²) >= 11 is 0. The highest BCUT2D eigenvalue weighted by molar-refractivity contribution is 6.93. The molecule has 8 atom stereocenters. The molecule has 6 fully saturated rings. The highest BCUT2D eigenvalue weighted by Crippen LogP contribution is 2.45. The smallest absolute Gasteiger partial charge is 0.317 e. The first-order chi connectivity index (χ1) is 17.0. The van der Waals surface area contributed by atoms with Gasteiger partial charge in [-0.2, -0.15) is 0 Å². The molecule has 208 valence electrons. The minimum atomic E-state index is -2.46. The van der Waals surface area contributed by atoms with Crippen molar-refractivity contribution in [1.29, 1.82) is 0 Å². The maximum Gasteiger partial charge on any atom is 0.317 e. The van der Waals surface area contributed by atoms with E-state index in [4.69, 9.17) is 25.9 Å². The molecule has 0 spiro atoms. The molecule has 2 bridgehead atoms. The fourth-order valence-electron chi connectivity index (χ4n) is 7.79. The Balaban J connectivity index is 1.30. The Morgan fingerprint density at radius 2 is 1.11 bits per heavy atom. The molecular formula is C26H52O6Si4. The number of fused-ring (bicyclic) bond motifs is 3. The highest BCUT2D eigenvalue weighted by atomic mass is 28.5. The first kappa shape index (κ1) is 28.2. The molecule has 2 saturated carbocycles. The number of hydrogen-bond acceptors (Lipinski definition) is 6. The Morgan fingerprint density at radius 3 is 1.61 bits per heavy atom. The van der Waals surface area contributed by atoms with Crippen LogP contribution in [-0.4, -0.2) is 58.7 Å². The lowest BCUT2D eigenvalue weighted by atomic mass is 9.79. The Hall–Kier alpha value is 0.628. The Labute approximate surface area is 224 Å². The molecule has 6 aliphatic rings. The maximum atomic E-state index is 7.26. The molecule has 0 aromatic heterocycles. The molecule has 0 aromatic rings. The number of ether oxygens (including phenoxy) is 2. The second-order valence-corrected chi connectivity index (χ2v) is 27.6. The fourth-order valence-corrected chi connectivity index (χ4v) is 31.5. The SMILES string of the molecule is CCC[Si]1(C)O[Si](C)(CCC2CCC3OC3C2)O[Si](C)(CCC)O[Si](C)(CCC2CCC3CC2O3)O1. The molecule has 0 radical (unpaired) electrons. The van der Waals surface area contributed by atoms with E-state index in [1.807, 2.05) is 0 Å². The Morgan fingerprint density at radius 1 is 0.556 bits per heavy atom. The van der Waals surface area contributed by atoms with Crippen LogP contribution >= 0.6 is 0 Å². The summed E-state index contributed by atoms with van der Waals surface area (Å²) < 4.78 is 40.9. The normalized spacial score (nSPS) is 50.5. The van der Waals surface area contributed by atoms with Crippen LogP contribution in [0.15, 0.2) is 0 Å². The van der Waals surface area contributed by atoms with Gasteiger partial charge >= 0.3 is 34.2 Å². The predicted molar refractivity (Wildman–Crippen MR) is 152 cm³/mol. The van der Waals surface area contributed by atoms with Gasteiger partial charge in [0.25, 0.3) is 0 Å². The van der Waals surface area contributed by atoms with E-state index in [2.05, 4.69) is 40.0 Å². The third-order valence-electron chi connectivity index (χ3n) is 9.47. The van der Waals surface area contributed by atoms with Gasteiger partial charge in [-0.25, -0.2) is 0 Å². The first-order valence-corrected chi connectivity index (χ1v) is 25.2. The summed E-state index contributed by atoms with van der Waals surface area (Å²) in [5.41, 5.74) is 0. The van der Waals surface area contributed by atoms with Crippen LogP contribution in [-0.2, 0) is 25.9 Å². The van der Waals surface area contributed by atoms with E-state index in [9.17, 15) is 0 Å². The number of hydrogen-bond donors (Lipinski definition) is 0. The van der Waals surface area contributed by atoms with Crippen LogP contribution in [0.5, 0.6) is 0 Å². The van der Waals surface area contributed by atoms with Gasteiger partial charge in [0.1, 0.15) is 0 Å². The Kier molecular flexibility index (Phi) is 8.52. The van der Waals surface area contributed by atoms with E-state index in [0.717, 1.165) is 49.4 Å². The molecule has 0 amide bonds. The largest absolute Gasteiger partial charge is 0.416 e. The van der Waals surface area contributed by atoms with Crippen molar-refractivity contribution in [1.82, 2.24) is 0 Å². The highest BCUT2D eigenvalue weighted by Gasteiger charge is 2.57. The van der Waals surface area contributed by atoms with Crippen LogP contribution in [0.1, 0.15) is 78.1 Å². The topological polar surface area (TPSA) is 58.7 Å². The van der Waals surface area contributed by atoms with E-state index in [1.54, 1.807) is 0 Å². The van der Waals surface area contributed by atoms with Gasteiger partial charge in [0.2, 0.25) is 0 Å². The lowest BCUT2D eigenvalue weighted by Gasteiger charge is -2.51. The predicted octanol–water partition coefficient (Wildman–Crippen LogP) is 7.09. The van der Waals surface area contributed by atoms with Gasteiger partial charge in [-0.15, -0.1) is 0 Å². The summed E-state index contributed by atoms with van der Waals surface area (Å²) in [6.45, 7) is 13.8. The standard InChI is InChI=1S/C26H52O6Si4/c1-7-15-33(3)29-35(5,17-13-21-9-12-24-26(19-21)28-24)30-34(4,16-8-2)32-36(6,31-33)18-14-22-10-11-23-20-25(22)27-23/h21-26H,7-20H2,1-6H3. The van der Waals surface area contributed by atoms with Gasteiger partial charge < -0.3 is 25.9 Å². The zero-order valence-electron chi connectivity index (χ0n) is 23.8. The summed E-state index contributed by atoms with van der Waals surface area (Å²) in [5, 5.41) is 0.